The summed E-state index contributed by atoms with van der Waals surface area (Å²) in [6, 6.07) is 3.34. The molecule has 3 rings (SSSR count). The first-order chi connectivity index (χ1) is 28.0. The molecule has 2 aliphatic rings. The van der Waals surface area contributed by atoms with Crippen LogP contribution in [0.5, 0.6) is 5.75 Å². The second kappa shape index (κ2) is 26.7. The Labute approximate surface area is 344 Å². The average Bonchev–Trinajstić information content (AvgIpc) is 3.53. The molecule has 0 aliphatic carbocycles. The van der Waals surface area contributed by atoms with E-state index in [0.29, 0.717) is 60.6 Å². The summed E-state index contributed by atoms with van der Waals surface area (Å²) in [5.41, 5.74) is 0.324. The van der Waals surface area contributed by atoms with E-state index in [1.807, 2.05) is 0 Å². The number of phenols is 1. The van der Waals surface area contributed by atoms with Gasteiger partial charge in [-0.2, -0.15) is 0 Å². The number of hydroxylamine groups is 4. The van der Waals surface area contributed by atoms with Crippen LogP contribution in [-0.2, 0) is 33.4 Å². The summed E-state index contributed by atoms with van der Waals surface area (Å²) < 4.78 is 11.9. The molecule has 326 valence electrons. The van der Waals surface area contributed by atoms with Gasteiger partial charge in [0.1, 0.15) is 30.0 Å². The zero-order valence-electron chi connectivity index (χ0n) is 34.9. The normalized spacial score (nSPS) is 19.6. The third-order valence-electron chi connectivity index (χ3n) is 11.1. The minimum absolute atomic E-state index is 0.0188. The summed E-state index contributed by atoms with van der Waals surface area (Å²) in [6.45, 7) is 5.73. The molecule has 2 aliphatic heterocycles. The van der Waals surface area contributed by atoms with Crippen LogP contribution < -0.4 is 10.6 Å². The number of rotatable bonds is 28. The molecule has 1 aromatic carbocycles. The number of aromatic hydroxyl groups is 1. The summed E-state index contributed by atoms with van der Waals surface area (Å²) in [7, 11) is 0. The van der Waals surface area contributed by atoms with E-state index in [4.69, 9.17) is 9.47 Å². The highest BCUT2D eigenvalue weighted by atomic mass is 16.5. The van der Waals surface area contributed by atoms with Crippen LogP contribution in [0.15, 0.2) is 29.3 Å². The van der Waals surface area contributed by atoms with Crippen LogP contribution in [0.1, 0.15) is 155 Å². The minimum Gasteiger partial charge on any atom is -0.507 e. The summed E-state index contributed by atoms with van der Waals surface area (Å²) in [5, 5.41) is 36.7. The molecule has 0 radical (unpaired) electrons. The van der Waals surface area contributed by atoms with Crippen molar-refractivity contribution >= 4 is 36.0 Å². The van der Waals surface area contributed by atoms with Crippen molar-refractivity contribution < 1.29 is 49.0 Å². The quantitative estimate of drug-likeness (QED) is 0.0208. The maximum atomic E-state index is 14.0. The van der Waals surface area contributed by atoms with Gasteiger partial charge in [0.2, 0.25) is 24.1 Å². The Kier molecular flexibility index (Phi) is 22.2. The first-order valence-corrected chi connectivity index (χ1v) is 21.7. The van der Waals surface area contributed by atoms with Gasteiger partial charge in [0, 0.05) is 13.1 Å². The molecule has 58 heavy (non-hydrogen) atoms. The van der Waals surface area contributed by atoms with Crippen molar-refractivity contribution in [3.05, 3.63) is 29.8 Å². The maximum Gasteiger partial charge on any atom is 0.328 e. The van der Waals surface area contributed by atoms with E-state index >= 15 is 0 Å². The number of para-hydroxylation sites is 1. The van der Waals surface area contributed by atoms with Crippen molar-refractivity contribution in [3.8, 4) is 5.75 Å². The van der Waals surface area contributed by atoms with Crippen molar-refractivity contribution in [2.45, 2.75) is 180 Å². The van der Waals surface area contributed by atoms with Crippen LogP contribution in [0, 0.1) is 5.92 Å². The number of aliphatic imine (C=N–C) groups is 1. The third kappa shape index (κ3) is 16.6. The van der Waals surface area contributed by atoms with Crippen molar-refractivity contribution in [1.82, 2.24) is 20.8 Å². The van der Waals surface area contributed by atoms with Gasteiger partial charge in [0.05, 0.1) is 11.5 Å². The average molecular weight is 816 g/mol. The van der Waals surface area contributed by atoms with Crippen LogP contribution in [0.2, 0.25) is 0 Å². The minimum atomic E-state index is -1.16. The van der Waals surface area contributed by atoms with Crippen LogP contribution in [0.3, 0.4) is 0 Å². The van der Waals surface area contributed by atoms with Gasteiger partial charge < -0.3 is 25.2 Å². The van der Waals surface area contributed by atoms with E-state index in [-0.39, 0.29) is 37.6 Å². The molecular formula is C43H69N5O10. The zero-order chi connectivity index (χ0) is 42.3. The number of esters is 1. The lowest BCUT2D eigenvalue weighted by Gasteiger charge is -2.28. The topological polar surface area (TPSA) is 207 Å². The number of phenolic OH excluding ortho intramolecular Hbond substituents is 1. The van der Waals surface area contributed by atoms with Crippen LogP contribution in [-0.4, -0.2) is 105 Å². The molecule has 2 heterocycles. The van der Waals surface area contributed by atoms with Crippen molar-refractivity contribution in [2.24, 2.45) is 10.9 Å². The van der Waals surface area contributed by atoms with Crippen molar-refractivity contribution in [1.29, 1.82) is 0 Å². The Bertz CT molecular complexity index is 1460. The predicted molar refractivity (Wildman–Crippen MR) is 218 cm³/mol. The molecule has 0 saturated carbocycles. The molecule has 5 N–H and O–H groups in total. The van der Waals surface area contributed by atoms with Gasteiger partial charge in [0.25, 0.3) is 5.91 Å². The smallest absolute Gasteiger partial charge is 0.328 e. The second-order valence-electron chi connectivity index (χ2n) is 15.9. The number of nitrogens with one attached hydrogen (secondary N) is 2. The fourth-order valence-corrected chi connectivity index (χ4v) is 7.38. The number of amides is 4. The van der Waals surface area contributed by atoms with Crippen LogP contribution in [0.4, 0.5) is 0 Å². The van der Waals surface area contributed by atoms with Crippen LogP contribution in [0.25, 0.3) is 0 Å². The molecule has 0 spiro atoms. The number of nitrogens with zero attached hydrogens (tertiary/aromatic N) is 3. The van der Waals surface area contributed by atoms with Crippen molar-refractivity contribution in [3.63, 3.8) is 0 Å². The lowest BCUT2D eigenvalue weighted by molar-refractivity contribution is -0.167. The maximum absolute atomic E-state index is 14.0. The molecule has 0 aromatic heterocycles. The number of carbonyl (C=O) groups is 5. The van der Waals surface area contributed by atoms with Crippen LogP contribution >= 0.6 is 0 Å². The molecule has 0 bridgehead atoms. The van der Waals surface area contributed by atoms with Gasteiger partial charge >= 0.3 is 5.97 Å². The largest absolute Gasteiger partial charge is 0.507 e. The number of carbonyl (C=O) groups excluding carboxylic acids is 5. The summed E-state index contributed by atoms with van der Waals surface area (Å²) in [4.78, 5) is 69.4. The van der Waals surface area contributed by atoms with Crippen molar-refractivity contribution in [2.75, 3.05) is 13.1 Å². The third-order valence-corrected chi connectivity index (χ3v) is 11.1. The van der Waals surface area contributed by atoms with E-state index in [1.54, 1.807) is 32.0 Å². The van der Waals surface area contributed by atoms with E-state index in [0.717, 1.165) is 25.7 Å². The van der Waals surface area contributed by atoms with E-state index < -0.39 is 59.9 Å². The van der Waals surface area contributed by atoms with E-state index in [1.165, 1.54) is 57.4 Å². The highest BCUT2D eigenvalue weighted by Gasteiger charge is 2.38. The second-order valence-corrected chi connectivity index (χ2v) is 15.9. The molecule has 15 nitrogen and oxygen atoms in total. The first kappa shape index (κ1) is 48.1. The van der Waals surface area contributed by atoms with Gasteiger partial charge in [-0.3, -0.25) is 29.6 Å². The molecule has 15 heteroatoms. The molecule has 1 fully saturated rings. The lowest BCUT2D eigenvalue weighted by atomic mass is 9.96. The molecule has 4 amide bonds. The summed E-state index contributed by atoms with van der Waals surface area (Å²) in [5.74, 6) is -3.25. The van der Waals surface area contributed by atoms with Gasteiger partial charge in [-0.25, -0.2) is 19.9 Å². The number of benzene rings is 1. The number of hydrogen-bond acceptors (Lipinski definition) is 11. The first-order valence-electron chi connectivity index (χ1n) is 21.7. The highest BCUT2D eigenvalue weighted by Crippen LogP contribution is 2.25. The zero-order valence-corrected chi connectivity index (χ0v) is 34.9. The summed E-state index contributed by atoms with van der Waals surface area (Å²) in [6.07, 6.45) is 16.5. The lowest BCUT2D eigenvalue weighted by Crippen LogP contribution is -2.51. The highest BCUT2D eigenvalue weighted by molar-refractivity contribution is 6.01. The Morgan fingerprint density at radius 3 is 2.22 bits per heavy atom. The Morgan fingerprint density at radius 1 is 0.966 bits per heavy atom. The van der Waals surface area contributed by atoms with E-state index in [9.17, 15) is 39.5 Å². The van der Waals surface area contributed by atoms with E-state index in [2.05, 4.69) is 22.5 Å². The van der Waals surface area contributed by atoms with Gasteiger partial charge in [-0.1, -0.05) is 103 Å². The molecule has 6 atom stereocenters. The summed E-state index contributed by atoms with van der Waals surface area (Å²) >= 11 is 0. The fraction of sp³-hybridized carbons (Fsp3) is 0.721. The standard InChI is InChI=1S/C43H69N5O10/c1-4-5-6-7-8-9-10-11-12-13-14-15-16-27-37(31(2)39(51)44-34-24-20-22-29-48(56)42(34)53)58-43(54)35(25-19-21-28-47(55)30-49)45-40(52)38-32(3)57-41(46-38)33-23-17-18-26-36(33)50/h17-18,23,26,30-32,34-35,37-38,50,55-56H,4-16,19-22,24-25,27-29H2,1-3H3,(H,44,51)(H,45,52)/t31?,32-,34-,35+,37?,38+/m1/s1. The van der Waals surface area contributed by atoms with Gasteiger partial charge in [-0.15, -0.1) is 0 Å². The molecule has 1 aromatic rings. The molecule has 1 saturated heterocycles. The number of hydrogen-bond donors (Lipinski definition) is 5. The predicted octanol–water partition coefficient (Wildman–Crippen LogP) is 6.34. The van der Waals surface area contributed by atoms with Gasteiger partial charge in [-0.05, 0) is 70.4 Å². The Morgan fingerprint density at radius 2 is 1.59 bits per heavy atom. The molecule has 2 unspecified atom stereocenters. The Hall–Kier alpha value is -4.24. The number of ether oxygens (including phenoxy) is 2. The molecular weight excluding hydrogens is 746 g/mol. The monoisotopic (exact) mass is 816 g/mol. The SMILES string of the molecule is CCCCCCCCCCCCCCCC(OC(=O)[C@H](CCCCN(O)C=O)NC(=O)[C@H]1N=C(c2ccccc2O)O[C@@H]1C)C(C)C(=O)N[C@@H]1CCCCN(O)C1=O. The van der Waals surface area contributed by atoms with Gasteiger partial charge in [0.15, 0.2) is 6.04 Å². The Balaban J connectivity index is 1.69. The number of unbranched alkanes of at least 4 members (excludes halogenated alkanes) is 13. The fourth-order valence-electron chi connectivity index (χ4n) is 7.38.